The van der Waals surface area contributed by atoms with Crippen LogP contribution in [0.4, 0.5) is 0 Å². The van der Waals surface area contributed by atoms with Gasteiger partial charge in [0.15, 0.2) is 5.16 Å². The van der Waals surface area contributed by atoms with E-state index in [0.29, 0.717) is 22.9 Å². The van der Waals surface area contributed by atoms with Gasteiger partial charge < -0.3 is 10.3 Å². The number of hydrogen-bond acceptors (Lipinski definition) is 5. The van der Waals surface area contributed by atoms with Crippen LogP contribution in [0.5, 0.6) is 0 Å². The van der Waals surface area contributed by atoms with Crippen molar-refractivity contribution in [3.63, 3.8) is 0 Å². The van der Waals surface area contributed by atoms with E-state index in [4.69, 9.17) is 0 Å². The molecule has 0 bridgehead atoms. The quantitative estimate of drug-likeness (QED) is 0.616. The molecule has 0 saturated heterocycles. The van der Waals surface area contributed by atoms with Crippen LogP contribution in [0.1, 0.15) is 55.9 Å². The Morgan fingerprint density at radius 2 is 2.12 bits per heavy atom. The van der Waals surface area contributed by atoms with Gasteiger partial charge in [-0.2, -0.15) is 0 Å². The molecule has 2 aromatic heterocycles. The maximum atomic E-state index is 12.6. The van der Waals surface area contributed by atoms with Gasteiger partial charge in [0.1, 0.15) is 4.83 Å². The van der Waals surface area contributed by atoms with Gasteiger partial charge in [0.05, 0.1) is 11.1 Å². The van der Waals surface area contributed by atoms with E-state index in [1.54, 1.807) is 11.3 Å². The number of carbonyl (C=O) groups is 1. The summed E-state index contributed by atoms with van der Waals surface area (Å²) in [5.41, 5.74) is 1.14. The summed E-state index contributed by atoms with van der Waals surface area (Å²) in [7, 11) is 0. The molecule has 2 heterocycles. The summed E-state index contributed by atoms with van der Waals surface area (Å²) in [5.74, 6) is 1.00. The largest absolute Gasteiger partial charge is 0.353 e. The molecule has 2 N–H and O–H groups in total. The standard InChI is InChI=1S/C19H25N3O2S2/c1-11-7-8-13-14(9-11)26-18-16(13)17(24)21-19(22-18)25-10-15(23)20-12-5-3-2-4-6-12/h11-12H,2-10H2,1H3,(H,20,23)(H,21,22,24)/t11-/m0/s1. The number of nitrogens with zero attached hydrogens (tertiary/aromatic N) is 1. The van der Waals surface area contributed by atoms with Crippen molar-refractivity contribution in [2.24, 2.45) is 5.92 Å². The van der Waals surface area contributed by atoms with Crippen LogP contribution in [-0.4, -0.2) is 27.7 Å². The lowest BCUT2D eigenvalue weighted by molar-refractivity contribution is -0.119. The second kappa shape index (κ2) is 7.72. The van der Waals surface area contributed by atoms with E-state index in [1.807, 2.05) is 0 Å². The Kier molecular flexibility index (Phi) is 5.36. The fourth-order valence-electron chi connectivity index (χ4n) is 4.05. The van der Waals surface area contributed by atoms with Crippen molar-refractivity contribution in [1.29, 1.82) is 0 Å². The molecule has 0 spiro atoms. The number of hydrogen-bond donors (Lipinski definition) is 2. The van der Waals surface area contributed by atoms with Crippen molar-refractivity contribution in [3.8, 4) is 0 Å². The third-order valence-electron chi connectivity index (χ3n) is 5.45. The van der Waals surface area contributed by atoms with Crippen LogP contribution < -0.4 is 10.9 Å². The molecule has 0 aliphatic heterocycles. The molecule has 140 valence electrons. The number of aromatic amines is 1. The third-order valence-corrected chi connectivity index (χ3v) is 7.48. The van der Waals surface area contributed by atoms with Crippen LogP contribution in [0.25, 0.3) is 10.2 Å². The molecule has 2 aliphatic rings. The van der Waals surface area contributed by atoms with E-state index in [2.05, 4.69) is 22.2 Å². The summed E-state index contributed by atoms with van der Waals surface area (Å²) in [6, 6.07) is 0.317. The lowest BCUT2D eigenvalue weighted by Crippen LogP contribution is -2.37. The van der Waals surface area contributed by atoms with Crippen molar-refractivity contribution in [2.75, 3.05) is 5.75 Å². The summed E-state index contributed by atoms with van der Waals surface area (Å²) in [6.07, 6.45) is 8.98. The van der Waals surface area contributed by atoms with Gasteiger partial charge in [-0.05, 0) is 43.6 Å². The Morgan fingerprint density at radius 1 is 1.31 bits per heavy atom. The highest BCUT2D eigenvalue weighted by Crippen LogP contribution is 2.36. The van der Waals surface area contributed by atoms with Crippen LogP contribution in [-0.2, 0) is 17.6 Å². The van der Waals surface area contributed by atoms with E-state index >= 15 is 0 Å². The van der Waals surface area contributed by atoms with Gasteiger partial charge in [0.2, 0.25) is 5.91 Å². The summed E-state index contributed by atoms with van der Waals surface area (Å²) in [5, 5.41) is 4.43. The van der Waals surface area contributed by atoms with Gasteiger partial charge >= 0.3 is 0 Å². The van der Waals surface area contributed by atoms with Gasteiger partial charge in [0, 0.05) is 10.9 Å². The first-order chi connectivity index (χ1) is 12.6. The minimum absolute atomic E-state index is 0.0314. The molecule has 1 fully saturated rings. The normalized spacial score (nSPS) is 20.9. The molecule has 7 heteroatoms. The average Bonchev–Trinajstić information content (AvgIpc) is 2.98. The average molecular weight is 392 g/mol. The Labute approximate surface area is 161 Å². The zero-order chi connectivity index (χ0) is 18.1. The molecule has 5 nitrogen and oxygen atoms in total. The van der Waals surface area contributed by atoms with Gasteiger partial charge in [-0.15, -0.1) is 11.3 Å². The molecule has 2 aromatic rings. The van der Waals surface area contributed by atoms with E-state index in [0.717, 1.165) is 42.3 Å². The fraction of sp³-hybridized carbons (Fsp3) is 0.632. The number of H-pyrrole nitrogens is 1. The Morgan fingerprint density at radius 3 is 2.92 bits per heavy atom. The summed E-state index contributed by atoms with van der Waals surface area (Å²) in [6.45, 7) is 2.26. The first-order valence-electron chi connectivity index (χ1n) is 9.57. The van der Waals surface area contributed by atoms with Crippen LogP contribution >= 0.6 is 23.1 Å². The van der Waals surface area contributed by atoms with Crippen LogP contribution in [0, 0.1) is 5.92 Å². The molecule has 0 unspecified atom stereocenters. The molecule has 2 aliphatic carbocycles. The Hall–Kier alpha value is -1.34. The number of nitrogens with one attached hydrogen (secondary N) is 2. The minimum atomic E-state index is -0.0581. The van der Waals surface area contributed by atoms with Crippen molar-refractivity contribution in [2.45, 2.75) is 69.5 Å². The Balaban J connectivity index is 1.45. The number of thiophene rings is 1. The lowest BCUT2D eigenvalue weighted by Gasteiger charge is -2.22. The number of amides is 1. The lowest BCUT2D eigenvalue weighted by atomic mass is 9.89. The monoisotopic (exact) mass is 391 g/mol. The van der Waals surface area contributed by atoms with Crippen molar-refractivity contribution >= 4 is 39.2 Å². The van der Waals surface area contributed by atoms with Gasteiger partial charge in [0.25, 0.3) is 5.56 Å². The van der Waals surface area contributed by atoms with Crippen LogP contribution in [0.15, 0.2) is 9.95 Å². The number of carbonyl (C=O) groups excluding carboxylic acids is 1. The first kappa shape index (κ1) is 18.0. The summed E-state index contributed by atoms with van der Waals surface area (Å²) < 4.78 is 0. The van der Waals surface area contributed by atoms with Crippen molar-refractivity contribution in [3.05, 3.63) is 20.8 Å². The molecule has 4 rings (SSSR count). The van der Waals surface area contributed by atoms with Crippen LogP contribution in [0.2, 0.25) is 0 Å². The zero-order valence-electron chi connectivity index (χ0n) is 15.1. The van der Waals surface area contributed by atoms with Gasteiger partial charge in [-0.1, -0.05) is 37.9 Å². The highest BCUT2D eigenvalue weighted by atomic mass is 32.2. The fourth-order valence-corrected chi connectivity index (χ4v) is 6.16. The molecule has 1 amide bonds. The number of aryl methyl sites for hydroxylation is 1. The Bertz CT molecular complexity index is 868. The summed E-state index contributed by atoms with van der Waals surface area (Å²) >= 11 is 2.97. The molecule has 1 saturated carbocycles. The van der Waals surface area contributed by atoms with E-state index in [-0.39, 0.29) is 11.5 Å². The highest BCUT2D eigenvalue weighted by Gasteiger charge is 2.23. The topological polar surface area (TPSA) is 74.8 Å². The molecule has 0 radical (unpaired) electrons. The zero-order valence-corrected chi connectivity index (χ0v) is 16.7. The molecular formula is C19H25N3O2S2. The molecular weight excluding hydrogens is 366 g/mol. The third kappa shape index (κ3) is 3.83. The predicted molar refractivity (Wildman–Crippen MR) is 107 cm³/mol. The highest BCUT2D eigenvalue weighted by molar-refractivity contribution is 7.99. The van der Waals surface area contributed by atoms with E-state index < -0.39 is 0 Å². The van der Waals surface area contributed by atoms with Gasteiger partial charge in [-0.25, -0.2) is 4.98 Å². The number of aromatic nitrogens is 2. The predicted octanol–water partition coefficient (Wildman–Crippen LogP) is 3.65. The molecule has 26 heavy (non-hydrogen) atoms. The maximum absolute atomic E-state index is 12.6. The first-order valence-corrected chi connectivity index (χ1v) is 11.4. The molecule has 0 aromatic carbocycles. The second-order valence-electron chi connectivity index (χ2n) is 7.59. The number of rotatable bonds is 4. The van der Waals surface area contributed by atoms with Crippen LogP contribution in [0.3, 0.4) is 0 Å². The number of fused-ring (bicyclic) bond motifs is 3. The molecule has 1 atom stereocenters. The van der Waals surface area contributed by atoms with E-state index in [9.17, 15) is 9.59 Å². The maximum Gasteiger partial charge on any atom is 0.260 e. The second-order valence-corrected chi connectivity index (χ2v) is 9.64. The minimum Gasteiger partial charge on any atom is -0.353 e. The summed E-state index contributed by atoms with van der Waals surface area (Å²) in [4.78, 5) is 34.4. The SMILES string of the molecule is C[C@H]1CCc2c(sc3nc(SCC(=O)NC4CCCCC4)[nH]c(=O)c23)C1. The smallest absolute Gasteiger partial charge is 0.260 e. The number of thioether (sulfide) groups is 1. The van der Waals surface area contributed by atoms with E-state index in [1.165, 1.54) is 41.5 Å². The van der Waals surface area contributed by atoms with Crippen molar-refractivity contribution < 1.29 is 4.79 Å². The van der Waals surface area contributed by atoms with Gasteiger partial charge in [-0.3, -0.25) is 9.59 Å². The van der Waals surface area contributed by atoms with Crippen molar-refractivity contribution in [1.82, 2.24) is 15.3 Å².